The fourth-order valence-corrected chi connectivity index (χ4v) is 5.60. The van der Waals surface area contributed by atoms with Crippen LogP contribution in [0.5, 0.6) is 11.5 Å². The highest BCUT2D eigenvalue weighted by atomic mass is 32.1. The zero-order valence-corrected chi connectivity index (χ0v) is 23.4. The first-order valence-electron chi connectivity index (χ1n) is 12.9. The van der Waals surface area contributed by atoms with Crippen LogP contribution in [0.2, 0.25) is 0 Å². The number of hydrogen-bond acceptors (Lipinski definition) is 7. The lowest BCUT2D eigenvalue weighted by Crippen LogP contribution is -2.29. The summed E-state index contributed by atoms with van der Waals surface area (Å²) in [6.45, 7) is 6.63. The summed E-state index contributed by atoms with van der Waals surface area (Å²) in [5.41, 5.74) is 2.32. The van der Waals surface area contributed by atoms with Gasteiger partial charge >= 0.3 is 5.91 Å². The number of methoxy groups -OCH3 is 1. The molecule has 1 saturated heterocycles. The lowest BCUT2D eigenvalue weighted by molar-refractivity contribution is -0.132. The van der Waals surface area contributed by atoms with Crippen LogP contribution < -0.4 is 14.4 Å². The number of ketones is 1. The van der Waals surface area contributed by atoms with E-state index in [0.717, 1.165) is 23.3 Å². The number of aliphatic hydroxyl groups excluding tert-OH is 1. The van der Waals surface area contributed by atoms with Gasteiger partial charge in [0.1, 0.15) is 11.6 Å². The molecule has 9 heteroatoms. The number of benzene rings is 3. The van der Waals surface area contributed by atoms with E-state index in [0.29, 0.717) is 45.4 Å². The molecule has 5 rings (SSSR count). The minimum Gasteiger partial charge on any atom is -0.507 e. The van der Waals surface area contributed by atoms with Gasteiger partial charge < -0.3 is 14.6 Å². The fraction of sp³-hybridized carbons (Fsp3) is 0.258. The highest BCUT2D eigenvalue weighted by Crippen LogP contribution is 2.46. The molecule has 0 radical (unpaired) electrons. The average Bonchev–Trinajstić information content (AvgIpc) is 3.46. The van der Waals surface area contributed by atoms with E-state index in [-0.39, 0.29) is 16.5 Å². The molecule has 3 aromatic carbocycles. The molecule has 1 fully saturated rings. The van der Waals surface area contributed by atoms with Crippen LogP contribution in [-0.2, 0) is 9.59 Å². The molecule has 7 nitrogen and oxygen atoms in total. The van der Waals surface area contributed by atoms with Gasteiger partial charge in [-0.25, -0.2) is 9.37 Å². The Bertz CT molecular complexity index is 1630. The van der Waals surface area contributed by atoms with Gasteiger partial charge in [0.15, 0.2) is 16.6 Å². The van der Waals surface area contributed by atoms with Crippen molar-refractivity contribution >= 4 is 44.1 Å². The largest absolute Gasteiger partial charge is 0.507 e. The molecule has 2 heterocycles. The van der Waals surface area contributed by atoms with E-state index in [1.54, 1.807) is 30.3 Å². The Labute approximate surface area is 235 Å². The summed E-state index contributed by atoms with van der Waals surface area (Å²) in [4.78, 5) is 32.8. The summed E-state index contributed by atoms with van der Waals surface area (Å²) in [5.74, 6) is -0.993. The minimum atomic E-state index is -1.01. The van der Waals surface area contributed by atoms with Crippen molar-refractivity contribution in [2.24, 2.45) is 5.92 Å². The molecule has 1 aliphatic heterocycles. The Morgan fingerprint density at radius 3 is 2.52 bits per heavy atom. The number of aryl methyl sites for hydroxylation is 1. The van der Waals surface area contributed by atoms with Gasteiger partial charge in [0.05, 0.1) is 35.5 Å². The first kappa shape index (κ1) is 27.3. The summed E-state index contributed by atoms with van der Waals surface area (Å²) in [5, 5.41) is 11.6. The van der Waals surface area contributed by atoms with Gasteiger partial charge in [-0.05, 0) is 55.2 Å². The second-order valence-corrected chi connectivity index (χ2v) is 11.1. The summed E-state index contributed by atoms with van der Waals surface area (Å²) in [6.07, 6.45) is 0.861. The number of nitrogens with zero attached hydrogens (tertiary/aromatic N) is 2. The number of halogens is 1. The zero-order valence-electron chi connectivity index (χ0n) is 22.6. The zero-order chi connectivity index (χ0) is 28.6. The number of anilines is 1. The molecule has 1 unspecified atom stereocenters. The van der Waals surface area contributed by atoms with Gasteiger partial charge in [0.25, 0.3) is 5.78 Å². The Kier molecular flexibility index (Phi) is 7.58. The number of carbonyl (C=O) groups excluding carboxylic acids is 2. The SMILES string of the molecule is COc1cc(C2C(=C(O)c3ccc(C)cc3)C(=O)C(=O)N2c2nc3ccc(F)cc3s2)ccc1OCCC(C)C. The van der Waals surface area contributed by atoms with Crippen molar-refractivity contribution in [3.63, 3.8) is 0 Å². The number of Topliss-reactive ketones (excluding diaryl/α,β-unsaturated/α-hetero) is 1. The molecular weight excluding hydrogens is 531 g/mol. The van der Waals surface area contributed by atoms with E-state index in [4.69, 9.17) is 9.47 Å². The lowest BCUT2D eigenvalue weighted by atomic mass is 9.95. The number of rotatable bonds is 8. The summed E-state index contributed by atoms with van der Waals surface area (Å²) < 4.78 is 26.0. The Morgan fingerprint density at radius 1 is 1.07 bits per heavy atom. The Balaban J connectivity index is 1.66. The highest BCUT2D eigenvalue weighted by molar-refractivity contribution is 7.22. The number of aromatic nitrogens is 1. The lowest BCUT2D eigenvalue weighted by Gasteiger charge is -2.24. The summed E-state index contributed by atoms with van der Waals surface area (Å²) in [7, 11) is 1.51. The van der Waals surface area contributed by atoms with Crippen LogP contribution in [0.15, 0.2) is 66.2 Å². The average molecular weight is 561 g/mol. The molecule has 4 aromatic rings. The maximum Gasteiger partial charge on any atom is 0.301 e. The predicted molar refractivity (Wildman–Crippen MR) is 153 cm³/mol. The maximum atomic E-state index is 13.9. The van der Waals surface area contributed by atoms with Crippen molar-refractivity contribution in [1.29, 1.82) is 0 Å². The fourth-order valence-electron chi connectivity index (χ4n) is 4.58. The van der Waals surface area contributed by atoms with Crippen LogP contribution in [0.1, 0.15) is 43.0 Å². The molecule has 0 spiro atoms. The van der Waals surface area contributed by atoms with E-state index in [1.807, 2.05) is 19.1 Å². The smallest absolute Gasteiger partial charge is 0.301 e. The molecule has 206 valence electrons. The van der Waals surface area contributed by atoms with Crippen molar-refractivity contribution in [3.05, 3.63) is 88.7 Å². The molecule has 1 amide bonds. The van der Waals surface area contributed by atoms with E-state index in [1.165, 1.54) is 30.2 Å². The van der Waals surface area contributed by atoms with E-state index in [2.05, 4.69) is 18.8 Å². The summed E-state index contributed by atoms with van der Waals surface area (Å²) in [6, 6.07) is 15.3. The van der Waals surface area contributed by atoms with Gasteiger partial charge in [0, 0.05) is 5.56 Å². The van der Waals surface area contributed by atoms with Crippen molar-refractivity contribution in [3.8, 4) is 11.5 Å². The highest BCUT2D eigenvalue weighted by Gasteiger charge is 2.48. The van der Waals surface area contributed by atoms with E-state index < -0.39 is 23.5 Å². The van der Waals surface area contributed by atoms with E-state index >= 15 is 0 Å². The number of thiazole rings is 1. The second-order valence-electron chi connectivity index (χ2n) is 10.1. The molecule has 0 saturated carbocycles. The maximum absolute atomic E-state index is 13.9. The minimum absolute atomic E-state index is 0.0742. The molecule has 40 heavy (non-hydrogen) atoms. The normalized spacial score (nSPS) is 16.8. The van der Waals surface area contributed by atoms with Crippen molar-refractivity contribution in [2.45, 2.75) is 33.2 Å². The molecule has 1 aromatic heterocycles. The van der Waals surface area contributed by atoms with Gasteiger partial charge in [-0.2, -0.15) is 0 Å². The number of hydrogen-bond donors (Lipinski definition) is 1. The standard InChI is InChI=1S/C31H29FN2O5S/c1-17(2)13-14-39-23-12-9-20(15-24(23)38-4)27-26(28(35)19-7-5-18(3)6-8-19)29(36)30(37)34(27)31-33-22-11-10-21(32)16-25(22)40-31/h5-12,15-17,27,35H,13-14H2,1-4H3. The summed E-state index contributed by atoms with van der Waals surface area (Å²) >= 11 is 1.09. The van der Waals surface area contributed by atoms with Crippen LogP contribution >= 0.6 is 11.3 Å². The number of amides is 1. The Morgan fingerprint density at radius 2 is 1.82 bits per heavy atom. The molecule has 1 N–H and O–H groups in total. The van der Waals surface area contributed by atoms with E-state index in [9.17, 15) is 19.1 Å². The molecule has 1 aliphatic rings. The van der Waals surface area contributed by atoms with Crippen molar-refractivity contribution in [1.82, 2.24) is 4.98 Å². The first-order chi connectivity index (χ1) is 19.2. The van der Waals surface area contributed by atoms with Gasteiger partial charge in [-0.1, -0.05) is 61.1 Å². The van der Waals surface area contributed by atoms with Crippen LogP contribution in [-0.4, -0.2) is 35.5 Å². The van der Waals surface area contributed by atoms with Gasteiger partial charge in [0.2, 0.25) is 0 Å². The number of ether oxygens (including phenoxy) is 2. The van der Waals surface area contributed by atoms with Crippen LogP contribution in [0, 0.1) is 18.7 Å². The third-order valence-corrected chi connectivity index (χ3v) is 7.79. The quantitative estimate of drug-likeness (QED) is 0.145. The molecule has 0 bridgehead atoms. The third kappa shape index (κ3) is 5.16. The number of fused-ring (bicyclic) bond motifs is 1. The first-order valence-corrected chi connectivity index (χ1v) is 13.7. The van der Waals surface area contributed by atoms with Crippen LogP contribution in [0.4, 0.5) is 9.52 Å². The third-order valence-electron chi connectivity index (χ3n) is 6.77. The number of carbonyl (C=O) groups is 2. The van der Waals surface area contributed by atoms with Crippen LogP contribution in [0.3, 0.4) is 0 Å². The number of aliphatic hydroxyl groups is 1. The molecule has 0 aliphatic carbocycles. The van der Waals surface area contributed by atoms with Gasteiger partial charge in [-0.15, -0.1) is 0 Å². The van der Waals surface area contributed by atoms with Crippen LogP contribution in [0.25, 0.3) is 16.0 Å². The predicted octanol–water partition coefficient (Wildman–Crippen LogP) is 6.80. The molecule has 1 atom stereocenters. The monoisotopic (exact) mass is 560 g/mol. The molecular formula is C31H29FN2O5S. The van der Waals surface area contributed by atoms with Gasteiger partial charge in [-0.3, -0.25) is 14.5 Å². The Hall–Kier alpha value is -4.24. The van der Waals surface area contributed by atoms with Crippen molar-refractivity contribution in [2.75, 3.05) is 18.6 Å². The topological polar surface area (TPSA) is 89.0 Å². The van der Waals surface area contributed by atoms with Crippen molar-refractivity contribution < 1.29 is 28.6 Å². The second kappa shape index (κ2) is 11.1.